The first-order chi connectivity index (χ1) is 12.2. The molecule has 0 atom stereocenters. The Morgan fingerprint density at radius 2 is 1.64 bits per heavy atom. The summed E-state index contributed by atoms with van der Waals surface area (Å²) in [4.78, 5) is 0. The van der Waals surface area contributed by atoms with Gasteiger partial charge in [-0.05, 0) is 42.3 Å². The first-order valence-electron chi connectivity index (χ1n) is 7.81. The molecule has 25 heavy (non-hydrogen) atoms. The summed E-state index contributed by atoms with van der Waals surface area (Å²) in [5, 5.41) is 29.6. The van der Waals surface area contributed by atoms with Crippen LogP contribution in [0.1, 0.15) is 18.1 Å². The van der Waals surface area contributed by atoms with Gasteiger partial charge in [0, 0.05) is 28.4 Å². The van der Waals surface area contributed by atoms with Gasteiger partial charge in [0.1, 0.15) is 23.8 Å². The largest absolute Gasteiger partial charge is 0.341 e. The zero-order chi connectivity index (χ0) is 18.0. The molecule has 0 radical (unpaired) electrons. The minimum absolute atomic E-state index is 0.101. The molecule has 0 aliphatic rings. The minimum atomic E-state index is -0.173. The van der Waals surface area contributed by atoms with Crippen LogP contribution in [-0.2, 0) is 6.54 Å². The van der Waals surface area contributed by atoms with Gasteiger partial charge in [-0.25, -0.2) is 0 Å². The third-order valence-corrected chi connectivity index (χ3v) is 4.31. The lowest BCUT2D eigenvalue weighted by Crippen LogP contribution is -1.93. The fourth-order valence-corrected chi connectivity index (χ4v) is 3.15. The van der Waals surface area contributed by atoms with E-state index in [-0.39, 0.29) is 11.1 Å². The number of nitriles is 3. The van der Waals surface area contributed by atoms with Gasteiger partial charge in [0.05, 0.1) is 5.57 Å². The Morgan fingerprint density at radius 3 is 2.20 bits per heavy atom. The molecule has 0 aliphatic carbocycles. The van der Waals surface area contributed by atoms with Crippen molar-refractivity contribution in [3.8, 4) is 18.2 Å². The van der Waals surface area contributed by atoms with Crippen LogP contribution < -0.4 is 0 Å². The highest BCUT2D eigenvalue weighted by Gasteiger charge is 2.14. The maximum Gasteiger partial charge on any atom is 0.148 e. The van der Waals surface area contributed by atoms with Crippen molar-refractivity contribution in [1.82, 2.24) is 4.57 Å². The lowest BCUT2D eigenvalue weighted by Gasteiger charge is -2.04. The van der Waals surface area contributed by atoms with Crippen molar-refractivity contribution < 1.29 is 0 Å². The highest BCUT2D eigenvalue weighted by Crippen LogP contribution is 2.32. The second kappa shape index (κ2) is 6.36. The molecule has 118 valence electrons. The molecule has 0 fully saturated rings. The Labute approximate surface area is 145 Å². The molecule has 1 heterocycles. The molecule has 0 amide bonds. The monoisotopic (exact) mass is 322 g/mol. The van der Waals surface area contributed by atoms with Crippen molar-refractivity contribution in [2.75, 3.05) is 0 Å². The molecule has 0 N–H and O–H groups in total. The molecule has 2 aromatic carbocycles. The smallest absolute Gasteiger partial charge is 0.148 e. The summed E-state index contributed by atoms with van der Waals surface area (Å²) in [7, 11) is 0. The number of allylic oxidation sites excluding steroid dienone is 2. The third-order valence-electron chi connectivity index (χ3n) is 4.31. The molecule has 3 aromatic rings. The number of aryl methyl sites for hydroxylation is 1. The van der Waals surface area contributed by atoms with Gasteiger partial charge in [0.2, 0.25) is 0 Å². The number of rotatable bonds is 3. The summed E-state index contributed by atoms with van der Waals surface area (Å²) in [6, 6.07) is 17.3. The van der Waals surface area contributed by atoms with Crippen molar-refractivity contribution in [3.05, 3.63) is 59.7 Å². The average Bonchev–Trinajstić information content (AvgIpc) is 2.97. The van der Waals surface area contributed by atoms with Gasteiger partial charge < -0.3 is 4.57 Å². The van der Waals surface area contributed by atoms with Crippen LogP contribution in [0.25, 0.3) is 33.5 Å². The van der Waals surface area contributed by atoms with E-state index in [9.17, 15) is 5.26 Å². The first kappa shape index (κ1) is 16.1. The van der Waals surface area contributed by atoms with E-state index in [1.165, 1.54) is 0 Å². The van der Waals surface area contributed by atoms with Gasteiger partial charge >= 0.3 is 0 Å². The van der Waals surface area contributed by atoms with Crippen LogP contribution in [0.15, 0.2) is 48.6 Å². The van der Waals surface area contributed by atoms with E-state index in [0.717, 1.165) is 33.9 Å². The normalized spacial score (nSPS) is 10.0. The first-order valence-corrected chi connectivity index (χ1v) is 7.81. The molecular weight excluding hydrogens is 308 g/mol. The summed E-state index contributed by atoms with van der Waals surface area (Å²) in [6.07, 6.45) is 1.79. The Balaban J connectivity index is 2.42. The Bertz CT molecular complexity index is 1160. The molecule has 0 aliphatic heterocycles. The van der Waals surface area contributed by atoms with Gasteiger partial charge in [-0.3, -0.25) is 0 Å². The van der Waals surface area contributed by atoms with E-state index in [0.29, 0.717) is 5.56 Å². The lowest BCUT2D eigenvalue weighted by atomic mass is 9.99. The topological polar surface area (TPSA) is 76.3 Å². The predicted molar refractivity (Wildman–Crippen MR) is 99.0 cm³/mol. The summed E-state index contributed by atoms with van der Waals surface area (Å²) >= 11 is 0. The predicted octanol–water partition coefficient (Wildman–Crippen LogP) is 4.78. The van der Waals surface area contributed by atoms with Crippen molar-refractivity contribution in [2.45, 2.75) is 13.5 Å². The number of benzene rings is 2. The molecule has 3 rings (SSSR count). The van der Waals surface area contributed by atoms with Crippen molar-refractivity contribution in [1.29, 1.82) is 15.8 Å². The van der Waals surface area contributed by atoms with E-state index >= 15 is 0 Å². The molecule has 1 aromatic heterocycles. The molecule has 4 heteroatoms. The number of hydrogen-bond acceptors (Lipinski definition) is 3. The average molecular weight is 322 g/mol. The molecule has 0 saturated heterocycles. The van der Waals surface area contributed by atoms with Crippen molar-refractivity contribution >= 4 is 33.5 Å². The molecule has 4 nitrogen and oxygen atoms in total. The lowest BCUT2D eigenvalue weighted by molar-refractivity contribution is 0.827. The van der Waals surface area contributed by atoms with E-state index < -0.39 is 0 Å². The fourth-order valence-electron chi connectivity index (χ4n) is 3.15. The van der Waals surface area contributed by atoms with Crippen LogP contribution in [0.2, 0.25) is 0 Å². The van der Waals surface area contributed by atoms with E-state index in [1.54, 1.807) is 24.3 Å². The molecule has 0 bridgehead atoms. The van der Waals surface area contributed by atoms with Crippen LogP contribution in [0.3, 0.4) is 0 Å². The van der Waals surface area contributed by atoms with Crippen molar-refractivity contribution in [2.24, 2.45) is 0 Å². The fraction of sp³-hybridized carbons (Fsp3) is 0.0952. The molecule has 0 unspecified atom stereocenters. The second-order valence-corrected chi connectivity index (χ2v) is 5.54. The van der Waals surface area contributed by atoms with Gasteiger partial charge in [-0.1, -0.05) is 24.8 Å². The molecule has 0 spiro atoms. The van der Waals surface area contributed by atoms with Crippen LogP contribution in [0.4, 0.5) is 0 Å². The summed E-state index contributed by atoms with van der Waals surface area (Å²) in [5.41, 5.74) is 3.67. The van der Waals surface area contributed by atoms with Crippen LogP contribution in [0.5, 0.6) is 0 Å². The van der Waals surface area contributed by atoms with Crippen molar-refractivity contribution in [3.63, 3.8) is 0 Å². The Morgan fingerprint density at radius 1 is 1.00 bits per heavy atom. The number of aromatic nitrogens is 1. The maximum atomic E-state index is 9.40. The highest BCUT2D eigenvalue weighted by molar-refractivity contribution is 6.10. The van der Waals surface area contributed by atoms with Gasteiger partial charge in [-0.15, -0.1) is 0 Å². The van der Waals surface area contributed by atoms with Crippen LogP contribution >= 0.6 is 0 Å². The quantitative estimate of drug-likeness (QED) is 0.651. The highest BCUT2D eigenvalue weighted by atomic mass is 15.0. The third kappa shape index (κ3) is 2.45. The number of nitrogens with zero attached hydrogens (tertiary/aromatic N) is 4. The number of hydrogen-bond donors (Lipinski definition) is 0. The van der Waals surface area contributed by atoms with Gasteiger partial charge in [0.25, 0.3) is 0 Å². The summed E-state index contributed by atoms with van der Waals surface area (Å²) in [6.45, 7) is 6.72. The van der Waals surface area contributed by atoms with Gasteiger partial charge in [0.15, 0.2) is 0 Å². The maximum absolute atomic E-state index is 9.40. The SMILES string of the molecule is C=Cc1ccc2c(c1)c1cc(C(C#N)=C(C#N)C#N)ccc1n2CC. The molecule has 0 saturated carbocycles. The zero-order valence-electron chi connectivity index (χ0n) is 13.7. The standard InChI is InChI=1S/C21H14N4/c1-3-14-5-7-20-17(9-14)18-10-15(6-8-21(18)25(20)4-2)19(13-24)16(11-22)12-23/h3,5-10H,1,4H2,2H3. The minimum Gasteiger partial charge on any atom is -0.341 e. The summed E-state index contributed by atoms with van der Waals surface area (Å²) in [5.74, 6) is 0. The second-order valence-electron chi connectivity index (χ2n) is 5.54. The zero-order valence-corrected chi connectivity index (χ0v) is 13.7. The summed E-state index contributed by atoms with van der Waals surface area (Å²) < 4.78 is 2.20. The van der Waals surface area contributed by atoms with E-state index in [1.807, 2.05) is 24.3 Å². The Hall–Kier alpha value is -3.81. The van der Waals surface area contributed by atoms with Crippen LogP contribution in [-0.4, -0.2) is 4.57 Å². The Kier molecular flexibility index (Phi) is 4.09. The number of fused-ring (bicyclic) bond motifs is 3. The van der Waals surface area contributed by atoms with Gasteiger partial charge in [-0.2, -0.15) is 15.8 Å². The van der Waals surface area contributed by atoms with E-state index in [4.69, 9.17) is 10.5 Å². The van der Waals surface area contributed by atoms with Crippen LogP contribution in [0, 0.1) is 34.0 Å². The molecular formula is C21H14N4. The van der Waals surface area contributed by atoms with E-state index in [2.05, 4.69) is 30.2 Å².